The van der Waals surface area contributed by atoms with Gasteiger partial charge in [0.15, 0.2) is 0 Å². The van der Waals surface area contributed by atoms with Crippen molar-refractivity contribution in [2.75, 3.05) is 0 Å². The minimum Gasteiger partial charge on any atom is -0.352 e. The third-order valence-electron chi connectivity index (χ3n) is 3.08. The molecule has 0 spiro atoms. The SMILES string of the molecule is Cc1ccn([C@@H](C)CC(=O)NCc2ccc(Cl)cc2)n1. The molecule has 0 saturated heterocycles. The van der Waals surface area contributed by atoms with E-state index in [1.165, 1.54) is 0 Å². The Morgan fingerprint density at radius 1 is 1.35 bits per heavy atom. The zero-order valence-electron chi connectivity index (χ0n) is 11.6. The van der Waals surface area contributed by atoms with Crippen LogP contribution in [0.25, 0.3) is 0 Å². The first-order chi connectivity index (χ1) is 9.54. The molecule has 2 aromatic rings. The lowest BCUT2D eigenvalue weighted by molar-refractivity contribution is -0.122. The summed E-state index contributed by atoms with van der Waals surface area (Å²) in [6.07, 6.45) is 2.31. The maximum atomic E-state index is 11.9. The molecule has 106 valence electrons. The Bertz CT molecular complexity index is 577. The Hall–Kier alpha value is -1.81. The van der Waals surface area contributed by atoms with Crippen molar-refractivity contribution in [3.8, 4) is 0 Å². The van der Waals surface area contributed by atoms with E-state index >= 15 is 0 Å². The van der Waals surface area contributed by atoms with Crippen LogP contribution in [-0.2, 0) is 11.3 Å². The van der Waals surface area contributed by atoms with E-state index in [1.54, 1.807) is 0 Å². The number of nitrogens with one attached hydrogen (secondary N) is 1. The smallest absolute Gasteiger partial charge is 0.222 e. The fourth-order valence-corrected chi connectivity index (χ4v) is 2.04. The average molecular weight is 292 g/mol. The van der Waals surface area contributed by atoms with E-state index < -0.39 is 0 Å². The molecule has 5 heteroatoms. The fraction of sp³-hybridized carbons (Fsp3) is 0.333. The number of carbonyl (C=O) groups is 1. The third kappa shape index (κ3) is 4.10. The summed E-state index contributed by atoms with van der Waals surface area (Å²) < 4.78 is 1.82. The Morgan fingerprint density at radius 2 is 2.05 bits per heavy atom. The number of hydrogen-bond donors (Lipinski definition) is 1. The monoisotopic (exact) mass is 291 g/mol. The van der Waals surface area contributed by atoms with Crippen LogP contribution in [0.2, 0.25) is 5.02 Å². The van der Waals surface area contributed by atoms with Crippen LogP contribution in [0.5, 0.6) is 0 Å². The van der Waals surface area contributed by atoms with Crippen molar-refractivity contribution in [3.63, 3.8) is 0 Å². The summed E-state index contributed by atoms with van der Waals surface area (Å²) in [5.41, 5.74) is 1.99. The largest absolute Gasteiger partial charge is 0.352 e. The molecule has 1 heterocycles. The second-order valence-electron chi connectivity index (χ2n) is 4.89. The van der Waals surface area contributed by atoms with Gasteiger partial charge in [-0.25, -0.2) is 0 Å². The van der Waals surface area contributed by atoms with E-state index in [9.17, 15) is 4.79 Å². The number of rotatable bonds is 5. The van der Waals surface area contributed by atoms with Gasteiger partial charge < -0.3 is 5.32 Å². The number of carbonyl (C=O) groups excluding carboxylic acids is 1. The van der Waals surface area contributed by atoms with E-state index in [2.05, 4.69) is 10.4 Å². The van der Waals surface area contributed by atoms with Crippen LogP contribution < -0.4 is 5.32 Å². The molecule has 0 aliphatic heterocycles. The Kier molecular flexibility index (Phi) is 4.79. The number of benzene rings is 1. The van der Waals surface area contributed by atoms with Crippen molar-refractivity contribution in [1.29, 1.82) is 0 Å². The molecule has 1 aromatic carbocycles. The third-order valence-corrected chi connectivity index (χ3v) is 3.33. The van der Waals surface area contributed by atoms with Crippen LogP contribution in [-0.4, -0.2) is 15.7 Å². The number of nitrogens with zero attached hydrogens (tertiary/aromatic N) is 2. The van der Waals surface area contributed by atoms with E-state index in [0.717, 1.165) is 11.3 Å². The Morgan fingerprint density at radius 3 is 2.65 bits per heavy atom. The predicted octanol–water partition coefficient (Wildman–Crippen LogP) is 3.11. The van der Waals surface area contributed by atoms with Crippen LogP contribution in [0.1, 0.15) is 30.6 Å². The highest BCUT2D eigenvalue weighted by atomic mass is 35.5. The first kappa shape index (κ1) is 14.6. The zero-order chi connectivity index (χ0) is 14.5. The summed E-state index contributed by atoms with van der Waals surface area (Å²) in [5, 5.41) is 7.91. The average Bonchev–Trinajstić information content (AvgIpc) is 2.85. The molecule has 0 unspecified atom stereocenters. The highest BCUT2D eigenvalue weighted by Crippen LogP contribution is 2.11. The molecular weight excluding hydrogens is 274 g/mol. The fourth-order valence-electron chi connectivity index (χ4n) is 1.92. The van der Waals surface area contributed by atoms with Crippen LogP contribution in [0.15, 0.2) is 36.5 Å². The van der Waals surface area contributed by atoms with Gasteiger partial charge in [0, 0.05) is 24.2 Å². The van der Waals surface area contributed by atoms with E-state index in [4.69, 9.17) is 11.6 Å². The molecule has 4 nitrogen and oxygen atoms in total. The molecule has 0 radical (unpaired) electrons. The van der Waals surface area contributed by atoms with Crippen LogP contribution >= 0.6 is 11.6 Å². The summed E-state index contributed by atoms with van der Waals surface area (Å²) in [6, 6.07) is 9.43. The molecule has 1 atom stereocenters. The number of aromatic nitrogens is 2. The van der Waals surface area contributed by atoms with Crippen molar-refractivity contribution in [3.05, 3.63) is 52.8 Å². The molecule has 0 saturated carbocycles. The Labute approximate surface area is 123 Å². The maximum absolute atomic E-state index is 11.9. The summed E-state index contributed by atoms with van der Waals surface area (Å²) in [7, 11) is 0. The first-order valence-corrected chi connectivity index (χ1v) is 6.95. The van der Waals surface area contributed by atoms with Gasteiger partial charge >= 0.3 is 0 Å². The van der Waals surface area contributed by atoms with Gasteiger partial charge in [0.2, 0.25) is 5.91 Å². The van der Waals surface area contributed by atoms with Crippen molar-refractivity contribution in [1.82, 2.24) is 15.1 Å². The molecule has 0 fully saturated rings. The van der Waals surface area contributed by atoms with E-state index in [-0.39, 0.29) is 11.9 Å². The molecule has 20 heavy (non-hydrogen) atoms. The normalized spacial score (nSPS) is 12.2. The highest BCUT2D eigenvalue weighted by molar-refractivity contribution is 6.30. The van der Waals surface area contributed by atoms with Gasteiger partial charge in [0.1, 0.15) is 0 Å². The van der Waals surface area contributed by atoms with Crippen LogP contribution in [0.3, 0.4) is 0 Å². The van der Waals surface area contributed by atoms with Crippen LogP contribution in [0.4, 0.5) is 0 Å². The molecule has 1 N–H and O–H groups in total. The van der Waals surface area contributed by atoms with Crippen molar-refractivity contribution in [2.24, 2.45) is 0 Å². The zero-order valence-corrected chi connectivity index (χ0v) is 12.4. The number of halogens is 1. The molecule has 0 bridgehead atoms. The summed E-state index contributed by atoms with van der Waals surface area (Å²) in [4.78, 5) is 11.9. The van der Waals surface area contributed by atoms with Gasteiger partial charge in [-0.3, -0.25) is 9.48 Å². The van der Waals surface area contributed by atoms with Crippen molar-refractivity contribution >= 4 is 17.5 Å². The molecule has 1 aromatic heterocycles. The standard InChI is InChI=1S/C15H18ClN3O/c1-11-7-8-19(18-11)12(2)9-15(20)17-10-13-3-5-14(16)6-4-13/h3-8,12H,9-10H2,1-2H3,(H,17,20)/t12-/m0/s1. The minimum atomic E-state index is 0.0144. The molecule has 0 aliphatic carbocycles. The van der Waals surface area contributed by atoms with E-state index in [1.807, 2.05) is 55.1 Å². The predicted molar refractivity (Wildman–Crippen MR) is 79.6 cm³/mol. The highest BCUT2D eigenvalue weighted by Gasteiger charge is 2.11. The molecule has 1 amide bonds. The topological polar surface area (TPSA) is 46.9 Å². The van der Waals surface area contributed by atoms with Crippen molar-refractivity contribution < 1.29 is 4.79 Å². The summed E-state index contributed by atoms with van der Waals surface area (Å²) >= 11 is 5.82. The lowest BCUT2D eigenvalue weighted by Gasteiger charge is -2.12. The van der Waals surface area contributed by atoms with Gasteiger partial charge in [0.25, 0.3) is 0 Å². The van der Waals surface area contributed by atoms with Gasteiger partial charge in [0.05, 0.1) is 11.7 Å². The summed E-state index contributed by atoms with van der Waals surface area (Å²) in [6.45, 7) is 4.43. The van der Waals surface area contributed by atoms with Crippen LogP contribution in [0, 0.1) is 6.92 Å². The van der Waals surface area contributed by atoms with Gasteiger partial charge in [-0.2, -0.15) is 5.10 Å². The van der Waals surface area contributed by atoms with Gasteiger partial charge in [-0.1, -0.05) is 23.7 Å². The number of aryl methyl sites for hydroxylation is 1. The van der Waals surface area contributed by atoms with E-state index in [0.29, 0.717) is 18.0 Å². The minimum absolute atomic E-state index is 0.0144. The second kappa shape index (κ2) is 6.57. The number of amides is 1. The second-order valence-corrected chi connectivity index (χ2v) is 5.33. The number of hydrogen-bond acceptors (Lipinski definition) is 2. The van der Waals surface area contributed by atoms with Gasteiger partial charge in [-0.15, -0.1) is 0 Å². The Balaban J connectivity index is 1.82. The first-order valence-electron chi connectivity index (χ1n) is 6.57. The molecule has 2 rings (SSSR count). The van der Waals surface area contributed by atoms with Crippen molar-refractivity contribution in [2.45, 2.75) is 32.9 Å². The lowest BCUT2D eigenvalue weighted by atomic mass is 10.2. The van der Waals surface area contributed by atoms with Gasteiger partial charge in [-0.05, 0) is 37.6 Å². The molecule has 0 aliphatic rings. The molecular formula is C15H18ClN3O. The quantitative estimate of drug-likeness (QED) is 0.920. The summed E-state index contributed by atoms with van der Waals surface area (Å²) in [5.74, 6) is 0.0144. The lowest BCUT2D eigenvalue weighted by Crippen LogP contribution is -2.25. The maximum Gasteiger partial charge on any atom is 0.222 e.